The van der Waals surface area contributed by atoms with Crippen molar-refractivity contribution in [2.45, 2.75) is 45.4 Å². The molecule has 2 aromatic carbocycles. The fraction of sp³-hybridized carbons (Fsp3) is 0.406. The molecule has 10 heteroatoms. The Balaban J connectivity index is 1.11. The van der Waals surface area contributed by atoms with Gasteiger partial charge in [0.1, 0.15) is 18.1 Å². The zero-order valence-electron chi connectivity index (χ0n) is 25.0. The van der Waals surface area contributed by atoms with Gasteiger partial charge in [-0.2, -0.15) is 4.48 Å². The second-order valence-electron chi connectivity index (χ2n) is 12.5. The lowest BCUT2D eigenvalue weighted by molar-refractivity contribution is 0.183. The average molecular weight is 588 g/mol. The van der Waals surface area contributed by atoms with Crippen LogP contribution in [0.25, 0.3) is 26.4 Å². The van der Waals surface area contributed by atoms with Crippen LogP contribution >= 0.6 is 11.3 Å². The normalized spacial score (nSPS) is 15.0. The Morgan fingerprint density at radius 2 is 1.83 bits per heavy atom. The number of hydrogen-bond acceptors (Lipinski definition) is 7. The number of likely N-dealkylation sites (tertiary alicyclic amines) is 1. The second kappa shape index (κ2) is 11.2. The van der Waals surface area contributed by atoms with Gasteiger partial charge in [0.25, 0.3) is 5.82 Å². The minimum absolute atomic E-state index is 0.0864. The van der Waals surface area contributed by atoms with Gasteiger partial charge in [-0.05, 0) is 61.4 Å². The van der Waals surface area contributed by atoms with Gasteiger partial charge >= 0.3 is 6.03 Å². The first-order chi connectivity index (χ1) is 20.1. The largest absolute Gasteiger partial charge is 0.492 e. The molecule has 0 radical (unpaired) electrons. The van der Waals surface area contributed by atoms with Crippen LogP contribution in [-0.4, -0.2) is 65.8 Å². The zero-order valence-corrected chi connectivity index (χ0v) is 25.8. The van der Waals surface area contributed by atoms with Gasteiger partial charge in [-0.25, -0.2) is 9.78 Å². The second-order valence-corrected chi connectivity index (χ2v) is 13.5. The Labute approximate surface area is 250 Å². The van der Waals surface area contributed by atoms with Crippen LogP contribution in [0.5, 0.6) is 5.75 Å². The number of amides is 2. The molecule has 0 atom stereocenters. The molecule has 1 aliphatic rings. The maximum atomic E-state index is 13.2. The lowest BCUT2D eigenvalue weighted by Gasteiger charge is -2.26. The Bertz CT molecular complexity index is 1700. The van der Waals surface area contributed by atoms with Crippen LogP contribution in [0.15, 0.2) is 59.3 Å². The summed E-state index contributed by atoms with van der Waals surface area (Å²) in [5, 5.41) is 7.17. The monoisotopic (exact) mass is 587 g/mol. The highest BCUT2D eigenvalue weighted by molar-refractivity contribution is 7.23. The molecule has 9 nitrogen and oxygen atoms in total. The smallest absolute Gasteiger partial charge is 0.427 e. The first kappa shape index (κ1) is 28.4. The third kappa shape index (κ3) is 5.79. The molecule has 5 aromatic rings. The van der Waals surface area contributed by atoms with Crippen molar-refractivity contribution in [2.75, 3.05) is 45.7 Å². The fourth-order valence-electron chi connectivity index (χ4n) is 5.16. The van der Waals surface area contributed by atoms with E-state index in [0.29, 0.717) is 18.1 Å². The molecule has 0 spiro atoms. The highest BCUT2D eigenvalue weighted by Crippen LogP contribution is 2.33. The predicted octanol–water partition coefficient (Wildman–Crippen LogP) is 7.17. The summed E-state index contributed by atoms with van der Waals surface area (Å²) in [5.74, 6) is 2.20. The van der Waals surface area contributed by atoms with E-state index in [-0.39, 0.29) is 15.9 Å². The number of carbonyl (C=O) groups excluding carboxylic acids is 1. The summed E-state index contributed by atoms with van der Waals surface area (Å²) in [7, 11) is 3.59. The number of rotatable bonds is 7. The lowest BCUT2D eigenvalue weighted by Crippen LogP contribution is -2.49. The highest BCUT2D eigenvalue weighted by Gasteiger charge is 2.35. The molecule has 1 N–H and O–H groups in total. The van der Waals surface area contributed by atoms with E-state index < -0.39 is 0 Å². The molecule has 0 bridgehead atoms. The van der Waals surface area contributed by atoms with E-state index >= 15 is 0 Å². The van der Waals surface area contributed by atoms with Crippen molar-refractivity contribution in [2.24, 2.45) is 0 Å². The predicted molar refractivity (Wildman–Crippen MR) is 170 cm³/mol. The molecule has 0 aliphatic carbocycles. The van der Waals surface area contributed by atoms with Crippen LogP contribution in [-0.2, 0) is 5.41 Å². The molecule has 1 saturated heterocycles. The highest BCUT2D eigenvalue weighted by atomic mass is 32.1. The molecule has 220 valence electrons. The lowest BCUT2D eigenvalue weighted by atomic mass is 9.93. The number of carbonyl (C=O) groups is 1. The SMILES string of the molecule is CC(C)(C)c1cc([N+](C)(C)C(=O)Nc2ccc(-c3cn4c(n3)sc3cc(OCCN5CCCCC5)ccc34)cc2)no1. The first-order valence-electron chi connectivity index (χ1n) is 14.6. The van der Waals surface area contributed by atoms with E-state index in [4.69, 9.17) is 14.2 Å². The van der Waals surface area contributed by atoms with E-state index in [9.17, 15) is 4.79 Å². The van der Waals surface area contributed by atoms with Crippen molar-refractivity contribution in [3.63, 3.8) is 0 Å². The molecule has 0 saturated carbocycles. The summed E-state index contributed by atoms with van der Waals surface area (Å²) >= 11 is 1.66. The topological polar surface area (TPSA) is 84.9 Å². The van der Waals surface area contributed by atoms with E-state index in [1.54, 1.807) is 25.4 Å². The van der Waals surface area contributed by atoms with Gasteiger partial charge in [-0.15, -0.1) is 0 Å². The molecule has 0 unspecified atom stereocenters. The van der Waals surface area contributed by atoms with Crippen LogP contribution in [0.1, 0.15) is 45.8 Å². The molecule has 2 amide bonds. The van der Waals surface area contributed by atoms with Crippen LogP contribution in [0.3, 0.4) is 0 Å². The quantitative estimate of drug-likeness (QED) is 0.203. The number of ether oxygens (including phenoxy) is 1. The van der Waals surface area contributed by atoms with Crippen molar-refractivity contribution in [3.05, 3.63) is 60.5 Å². The van der Waals surface area contributed by atoms with Crippen LogP contribution < -0.4 is 14.5 Å². The number of piperidine rings is 1. The number of nitrogens with one attached hydrogen (secondary N) is 1. The van der Waals surface area contributed by atoms with E-state index in [1.807, 2.05) is 36.4 Å². The van der Waals surface area contributed by atoms with Crippen molar-refractivity contribution in [1.82, 2.24) is 23.9 Å². The maximum absolute atomic E-state index is 13.2. The minimum Gasteiger partial charge on any atom is -0.492 e. The Morgan fingerprint density at radius 3 is 2.55 bits per heavy atom. The van der Waals surface area contributed by atoms with Crippen molar-refractivity contribution < 1.29 is 14.1 Å². The fourth-order valence-corrected chi connectivity index (χ4v) is 6.20. The van der Waals surface area contributed by atoms with Crippen LogP contribution in [0.2, 0.25) is 0 Å². The number of urea groups is 1. The average Bonchev–Trinajstić information content (AvgIpc) is 3.69. The molecular formula is C32H39N6O3S+. The number of fused-ring (bicyclic) bond motifs is 3. The standard InChI is InChI=1S/C32H38N6O3S/c1-32(2,3)28-20-29(35-41-28)38(4,5)31(39)33-23-11-9-22(10-12-23)25-21-37-26-14-13-24(19-27(26)42-30(37)34-25)40-18-17-36-15-7-6-8-16-36/h9-14,19-21H,6-8,15-18H2,1-5H3/p+1. The van der Waals surface area contributed by atoms with Gasteiger partial charge in [0.05, 0.1) is 36.1 Å². The zero-order chi connectivity index (χ0) is 29.5. The van der Waals surface area contributed by atoms with Crippen LogP contribution in [0, 0.1) is 0 Å². The van der Waals surface area contributed by atoms with E-state index in [2.05, 4.69) is 58.9 Å². The van der Waals surface area contributed by atoms with Gasteiger partial charge in [0.2, 0.25) is 0 Å². The number of benzene rings is 2. The van der Waals surface area contributed by atoms with E-state index in [1.165, 1.54) is 32.4 Å². The van der Waals surface area contributed by atoms with Gasteiger partial charge in [0.15, 0.2) is 4.96 Å². The van der Waals surface area contributed by atoms with Gasteiger partial charge in [-0.1, -0.05) is 50.7 Å². The number of nitrogens with zero attached hydrogens (tertiary/aromatic N) is 5. The number of hydrogen-bond donors (Lipinski definition) is 1. The third-order valence-electron chi connectivity index (χ3n) is 7.94. The number of thiazole rings is 1. The Morgan fingerprint density at radius 1 is 1.07 bits per heavy atom. The number of anilines is 1. The molecule has 3 aromatic heterocycles. The van der Waals surface area contributed by atoms with Crippen molar-refractivity contribution >= 4 is 44.1 Å². The first-order valence-corrected chi connectivity index (χ1v) is 15.4. The Hall–Kier alpha value is -3.73. The molecule has 1 aliphatic heterocycles. The summed E-state index contributed by atoms with van der Waals surface area (Å²) in [6.45, 7) is 10.2. The summed E-state index contributed by atoms with van der Waals surface area (Å²) in [4.78, 5) is 21.5. The summed E-state index contributed by atoms with van der Waals surface area (Å²) in [6.07, 6.45) is 6.01. The summed E-state index contributed by atoms with van der Waals surface area (Å²) < 4.78 is 14.8. The van der Waals surface area contributed by atoms with Gasteiger partial charge in [0, 0.05) is 29.4 Å². The molecule has 42 heavy (non-hydrogen) atoms. The molecule has 6 rings (SSSR count). The van der Waals surface area contributed by atoms with Gasteiger partial charge < -0.3 is 9.26 Å². The third-order valence-corrected chi connectivity index (χ3v) is 8.96. The maximum Gasteiger partial charge on any atom is 0.427 e. The van der Waals surface area contributed by atoms with E-state index in [0.717, 1.165) is 44.5 Å². The number of quaternary nitrogens is 1. The molecule has 1 fully saturated rings. The van der Waals surface area contributed by atoms with Crippen molar-refractivity contribution in [1.29, 1.82) is 0 Å². The number of aromatic nitrogens is 3. The summed E-state index contributed by atoms with van der Waals surface area (Å²) in [6, 6.07) is 15.7. The van der Waals surface area contributed by atoms with Crippen molar-refractivity contribution in [3.8, 4) is 17.0 Å². The molecular weight excluding hydrogens is 548 g/mol. The van der Waals surface area contributed by atoms with Gasteiger partial charge in [-0.3, -0.25) is 14.6 Å². The van der Waals surface area contributed by atoms with Crippen LogP contribution in [0.4, 0.5) is 16.3 Å². The molecule has 4 heterocycles. The minimum atomic E-state index is -0.208. The Kier molecular flexibility index (Phi) is 7.55. The number of imidazole rings is 1. The summed E-state index contributed by atoms with van der Waals surface area (Å²) in [5.41, 5.74) is 3.50.